The maximum Gasteiger partial charge on any atom is 0.274 e. The van der Waals surface area contributed by atoms with Crippen LogP contribution >= 0.6 is 0 Å². The van der Waals surface area contributed by atoms with E-state index in [-0.39, 0.29) is 5.91 Å². The molecule has 0 unspecified atom stereocenters. The first-order valence-corrected chi connectivity index (χ1v) is 7.80. The summed E-state index contributed by atoms with van der Waals surface area (Å²) in [5, 5.41) is 3.19. The topological polar surface area (TPSA) is 78.4 Å². The van der Waals surface area contributed by atoms with Crippen LogP contribution in [0.5, 0.6) is 0 Å². The van der Waals surface area contributed by atoms with Crippen molar-refractivity contribution in [1.82, 2.24) is 19.8 Å². The third kappa shape index (κ3) is 3.51. The van der Waals surface area contributed by atoms with Crippen LogP contribution in [0, 0.1) is 6.92 Å². The van der Waals surface area contributed by atoms with Crippen LogP contribution in [-0.2, 0) is 4.79 Å². The second-order valence-electron chi connectivity index (χ2n) is 5.66. The maximum absolute atomic E-state index is 12.4. The number of hydrogen-bond acceptors (Lipinski definition) is 5. The minimum absolute atomic E-state index is 0.157. The number of aryl methyl sites for hydroxylation is 1. The standard InChI is InChI=1S/C17H19N5O2/c1-13-4-2-3-5-14(13)20-16-11-18-15(10-19-16)17(24)22-8-6-21(12-23)7-9-22/h2-5,10-12H,6-9H2,1H3,(H,19,20). The Hall–Kier alpha value is -2.96. The van der Waals surface area contributed by atoms with Crippen molar-refractivity contribution in [3.05, 3.63) is 47.9 Å². The number of carbonyl (C=O) groups excluding carboxylic acids is 2. The first-order chi connectivity index (χ1) is 11.7. The van der Waals surface area contributed by atoms with Crippen molar-refractivity contribution in [2.45, 2.75) is 6.92 Å². The summed E-state index contributed by atoms with van der Waals surface area (Å²) in [6.07, 6.45) is 3.85. The van der Waals surface area contributed by atoms with Gasteiger partial charge in [-0.3, -0.25) is 9.59 Å². The second kappa shape index (κ2) is 7.08. The van der Waals surface area contributed by atoms with Crippen molar-refractivity contribution in [3.8, 4) is 0 Å². The fourth-order valence-electron chi connectivity index (χ4n) is 2.55. The van der Waals surface area contributed by atoms with Gasteiger partial charge in [0.2, 0.25) is 6.41 Å². The van der Waals surface area contributed by atoms with E-state index in [4.69, 9.17) is 0 Å². The van der Waals surface area contributed by atoms with Crippen LogP contribution in [0.2, 0.25) is 0 Å². The molecule has 1 aliphatic heterocycles. The zero-order valence-corrected chi connectivity index (χ0v) is 13.5. The molecule has 3 rings (SSSR count). The fraction of sp³-hybridized carbons (Fsp3) is 0.294. The van der Waals surface area contributed by atoms with Gasteiger partial charge in [0, 0.05) is 31.9 Å². The van der Waals surface area contributed by atoms with E-state index in [1.807, 2.05) is 31.2 Å². The Morgan fingerprint density at radius 3 is 2.50 bits per heavy atom. The first-order valence-electron chi connectivity index (χ1n) is 7.80. The lowest BCUT2D eigenvalue weighted by molar-refractivity contribution is -0.119. The van der Waals surface area contributed by atoms with E-state index >= 15 is 0 Å². The zero-order chi connectivity index (χ0) is 16.9. The van der Waals surface area contributed by atoms with E-state index in [1.165, 1.54) is 6.20 Å². The van der Waals surface area contributed by atoms with E-state index in [0.717, 1.165) is 17.7 Å². The highest BCUT2D eigenvalue weighted by Crippen LogP contribution is 2.18. The van der Waals surface area contributed by atoms with Crippen molar-refractivity contribution >= 4 is 23.8 Å². The molecule has 2 heterocycles. The number of carbonyl (C=O) groups is 2. The number of anilines is 2. The third-order valence-electron chi connectivity index (χ3n) is 4.03. The number of benzene rings is 1. The summed E-state index contributed by atoms with van der Waals surface area (Å²) in [5.74, 6) is 0.433. The largest absolute Gasteiger partial charge is 0.342 e. The van der Waals surface area contributed by atoms with E-state index in [9.17, 15) is 9.59 Å². The molecule has 24 heavy (non-hydrogen) atoms. The van der Waals surface area contributed by atoms with Crippen LogP contribution in [0.4, 0.5) is 11.5 Å². The number of nitrogens with one attached hydrogen (secondary N) is 1. The van der Waals surface area contributed by atoms with Crippen molar-refractivity contribution < 1.29 is 9.59 Å². The molecule has 2 amide bonds. The smallest absolute Gasteiger partial charge is 0.274 e. The Bertz CT molecular complexity index is 724. The average molecular weight is 325 g/mol. The second-order valence-corrected chi connectivity index (χ2v) is 5.66. The first kappa shape index (κ1) is 15.9. The van der Waals surface area contributed by atoms with Crippen molar-refractivity contribution in [1.29, 1.82) is 0 Å². The highest BCUT2D eigenvalue weighted by atomic mass is 16.2. The molecule has 1 aliphatic rings. The molecule has 1 fully saturated rings. The molecule has 2 aromatic rings. The monoisotopic (exact) mass is 325 g/mol. The van der Waals surface area contributed by atoms with E-state index in [1.54, 1.807) is 16.0 Å². The Morgan fingerprint density at radius 2 is 1.88 bits per heavy atom. The number of hydrogen-bond donors (Lipinski definition) is 1. The van der Waals surface area contributed by atoms with Gasteiger partial charge in [-0.15, -0.1) is 0 Å². The van der Waals surface area contributed by atoms with Gasteiger partial charge in [-0.25, -0.2) is 9.97 Å². The van der Waals surface area contributed by atoms with Gasteiger partial charge in [0.15, 0.2) is 0 Å². The van der Waals surface area contributed by atoms with Crippen molar-refractivity contribution in [2.75, 3.05) is 31.5 Å². The molecular weight excluding hydrogens is 306 g/mol. The van der Waals surface area contributed by atoms with Gasteiger partial charge in [-0.1, -0.05) is 18.2 Å². The quantitative estimate of drug-likeness (QED) is 0.861. The summed E-state index contributed by atoms with van der Waals surface area (Å²) in [4.78, 5) is 35.0. The summed E-state index contributed by atoms with van der Waals surface area (Å²) < 4.78 is 0. The van der Waals surface area contributed by atoms with E-state index in [2.05, 4.69) is 15.3 Å². The molecule has 1 saturated heterocycles. The molecule has 7 heteroatoms. The lowest BCUT2D eigenvalue weighted by atomic mass is 10.2. The average Bonchev–Trinajstić information content (AvgIpc) is 2.64. The van der Waals surface area contributed by atoms with Gasteiger partial charge in [-0.2, -0.15) is 0 Å². The van der Waals surface area contributed by atoms with Gasteiger partial charge in [-0.05, 0) is 18.6 Å². The molecule has 0 radical (unpaired) electrons. The Morgan fingerprint density at radius 1 is 1.12 bits per heavy atom. The zero-order valence-electron chi connectivity index (χ0n) is 13.5. The van der Waals surface area contributed by atoms with Gasteiger partial charge < -0.3 is 15.1 Å². The van der Waals surface area contributed by atoms with E-state index in [0.29, 0.717) is 37.7 Å². The molecule has 1 aromatic carbocycles. The van der Waals surface area contributed by atoms with Crippen LogP contribution in [0.1, 0.15) is 16.1 Å². The van der Waals surface area contributed by atoms with Crippen LogP contribution in [-0.4, -0.2) is 58.3 Å². The molecule has 1 aromatic heterocycles. The number of piperazine rings is 1. The predicted molar refractivity (Wildman–Crippen MR) is 90.0 cm³/mol. The maximum atomic E-state index is 12.4. The summed E-state index contributed by atoms with van der Waals surface area (Å²) in [5.41, 5.74) is 2.37. The molecule has 0 bridgehead atoms. The molecule has 124 valence electrons. The van der Waals surface area contributed by atoms with Crippen LogP contribution in [0.25, 0.3) is 0 Å². The molecule has 7 nitrogen and oxygen atoms in total. The normalized spacial score (nSPS) is 14.4. The fourth-order valence-corrected chi connectivity index (χ4v) is 2.55. The minimum Gasteiger partial charge on any atom is -0.342 e. The number of amides is 2. The van der Waals surface area contributed by atoms with E-state index < -0.39 is 0 Å². The Kier molecular flexibility index (Phi) is 4.69. The van der Waals surface area contributed by atoms with Gasteiger partial charge in [0.25, 0.3) is 5.91 Å². The molecule has 0 atom stereocenters. The Balaban J connectivity index is 1.65. The van der Waals surface area contributed by atoms with Gasteiger partial charge in [0.1, 0.15) is 11.5 Å². The summed E-state index contributed by atoms with van der Waals surface area (Å²) in [6.45, 7) is 4.14. The number of rotatable bonds is 4. The highest BCUT2D eigenvalue weighted by molar-refractivity contribution is 5.92. The summed E-state index contributed by atoms with van der Waals surface area (Å²) in [7, 11) is 0. The van der Waals surface area contributed by atoms with Crippen molar-refractivity contribution in [3.63, 3.8) is 0 Å². The van der Waals surface area contributed by atoms with Gasteiger partial charge in [0.05, 0.1) is 12.4 Å². The lowest BCUT2D eigenvalue weighted by Crippen LogP contribution is -2.48. The molecule has 0 saturated carbocycles. The summed E-state index contributed by atoms with van der Waals surface area (Å²) in [6, 6.07) is 7.88. The minimum atomic E-state index is -0.157. The Labute approximate surface area is 140 Å². The number of para-hydroxylation sites is 1. The van der Waals surface area contributed by atoms with Crippen LogP contribution in [0.3, 0.4) is 0 Å². The van der Waals surface area contributed by atoms with Gasteiger partial charge >= 0.3 is 0 Å². The molecular formula is C17H19N5O2. The molecule has 1 N–H and O–H groups in total. The van der Waals surface area contributed by atoms with Crippen LogP contribution < -0.4 is 5.32 Å². The molecule has 0 aliphatic carbocycles. The lowest BCUT2D eigenvalue weighted by Gasteiger charge is -2.32. The SMILES string of the molecule is Cc1ccccc1Nc1cnc(C(=O)N2CCN(C=O)CC2)cn1. The predicted octanol–water partition coefficient (Wildman–Crippen LogP) is 1.44. The number of aromatic nitrogens is 2. The number of nitrogens with zero attached hydrogens (tertiary/aromatic N) is 4. The van der Waals surface area contributed by atoms with Crippen molar-refractivity contribution in [2.24, 2.45) is 0 Å². The molecule has 0 spiro atoms. The van der Waals surface area contributed by atoms with Crippen LogP contribution in [0.15, 0.2) is 36.7 Å². The summed E-state index contributed by atoms with van der Waals surface area (Å²) >= 11 is 0. The highest BCUT2D eigenvalue weighted by Gasteiger charge is 2.22. The third-order valence-corrected chi connectivity index (χ3v) is 4.03.